The molecule has 1 unspecified atom stereocenters. The lowest BCUT2D eigenvalue weighted by molar-refractivity contribution is -0.132. The summed E-state index contributed by atoms with van der Waals surface area (Å²) >= 11 is 0. The number of amides is 1. The van der Waals surface area contributed by atoms with Crippen LogP contribution in [0.25, 0.3) is 0 Å². The number of ether oxygens (including phenoxy) is 1. The third-order valence-corrected chi connectivity index (χ3v) is 3.43. The van der Waals surface area contributed by atoms with Crippen molar-refractivity contribution in [2.24, 2.45) is 0 Å². The summed E-state index contributed by atoms with van der Waals surface area (Å²) in [5.41, 5.74) is 0. The molecule has 0 aliphatic carbocycles. The van der Waals surface area contributed by atoms with Gasteiger partial charge in [-0.15, -0.1) is 0 Å². The van der Waals surface area contributed by atoms with Crippen LogP contribution in [-0.2, 0) is 9.53 Å². The highest BCUT2D eigenvalue weighted by molar-refractivity contribution is 5.86. The molecule has 1 aromatic heterocycles. The van der Waals surface area contributed by atoms with Gasteiger partial charge < -0.3 is 15.0 Å². The van der Waals surface area contributed by atoms with Crippen LogP contribution in [0.15, 0.2) is 12.3 Å². The molecule has 7 nitrogen and oxygen atoms in total. The Morgan fingerprint density at radius 3 is 2.71 bits per heavy atom. The van der Waals surface area contributed by atoms with Crippen molar-refractivity contribution >= 4 is 17.7 Å². The van der Waals surface area contributed by atoms with Crippen molar-refractivity contribution in [3.63, 3.8) is 0 Å². The van der Waals surface area contributed by atoms with E-state index in [-0.39, 0.29) is 11.7 Å². The highest BCUT2D eigenvalue weighted by Crippen LogP contribution is 2.12. The van der Waals surface area contributed by atoms with Crippen LogP contribution in [0, 0.1) is 0 Å². The lowest BCUT2D eigenvalue weighted by Gasteiger charge is -2.29. The minimum Gasteiger partial charge on any atom is -0.463 e. The molecule has 7 heteroatoms. The highest BCUT2D eigenvalue weighted by Gasteiger charge is 2.22. The first kappa shape index (κ1) is 15.2. The number of nitrogens with one attached hydrogen (secondary N) is 1. The molecule has 1 aliphatic heterocycles. The van der Waals surface area contributed by atoms with Gasteiger partial charge in [-0.2, -0.15) is 0 Å². The summed E-state index contributed by atoms with van der Waals surface area (Å²) in [5, 5.41) is 3.01. The zero-order valence-corrected chi connectivity index (χ0v) is 12.3. The Bertz CT molecular complexity index is 515. The Hall–Kier alpha value is -2.18. The molecule has 2 rings (SSSR count). The quantitative estimate of drug-likeness (QED) is 0.836. The molecule has 1 saturated heterocycles. The monoisotopic (exact) mass is 292 g/mol. The Morgan fingerprint density at radius 1 is 1.33 bits per heavy atom. The summed E-state index contributed by atoms with van der Waals surface area (Å²) in [7, 11) is 1.27. The number of hydrogen-bond acceptors (Lipinski definition) is 6. The third kappa shape index (κ3) is 3.90. The summed E-state index contributed by atoms with van der Waals surface area (Å²) in [6, 6.07) is 1.22. The van der Waals surface area contributed by atoms with Crippen LogP contribution in [0.4, 0.5) is 5.82 Å². The van der Waals surface area contributed by atoms with Crippen LogP contribution in [0.5, 0.6) is 0 Å². The second-order valence-electron chi connectivity index (χ2n) is 5.01. The van der Waals surface area contributed by atoms with Gasteiger partial charge in [-0.05, 0) is 32.3 Å². The Kier molecular flexibility index (Phi) is 5.08. The lowest BCUT2D eigenvalue weighted by Crippen LogP contribution is -2.44. The van der Waals surface area contributed by atoms with Crippen LogP contribution in [-0.4, -0.2) is 53.0 Å². The summed E-state index contributed by atoms with van der Waals surface area (Å²) in [4.78, 5) is 33.4. The van der Waals surface area contributed by atoms with Gasteiger partial charge in [0.15, 0.2) is 0 Å². The van der Waals surface area contributed by atoms with Gasteiger partial charge in [0.05, 0.1) is 7.11 Å². The SMILES string of the molecule is COC(=O)c1nccc(NC(C)C(=O)N2CCCCC2)n1. The normalized spacial score (nSPS) is 16.2. The molecule has 21 heavy (non-hydrogen) atoms. The maximum atomic E-state index is 12.3. The van der Waals surface area contributed by atoms with Crippen molar-refractivity contribution in [3.8, 4) is 0 Å². The third-order valence-electron chi connectivity index (χ3n) is 3.43. The van der Waals surface area contributed by atoms with Crippen molar-refractivity contribution < 1.29 is 14.3 Å². The van der Waals surface area contributed by atoms with Crippen molar-refractivity contribution in [2.75, 3.05) is 25.5 Å². The number of likely N-dealkylation sites (tertiary alicyclic amines) is 1. The number of piperidine rings is 1. The summed E-state index contributed by atoms with van der Waals surface area (Å²) in [6.07, 6.45) is 4.75. The fourth-order valence-corrected chi connectivity index (χ4v) is 2.30. The molecule has 1 atom stereocenters. The number of methoxy groups -OCH3 is 1. The fraction of sp³-hybridized carbons (Fsp3) is 0.571. The lowest BCUT2D eigenvalue weighted by atomic mass is 10.1. The molecule has 1 aliphatic rings. The van der Waals surface area contributed by atoms with Crippen molar-refractivity contribution in [1.82, 2.24) is 14.9 Å². The van der Waals surface area contributed by atoms with E-state index in [9.17, 15) is 9.59 Å². The standard InChI is InChI=1S/C14H20N4O3/c1-10(13(19)18-8-4-3-5-9-18)16-11-6-7-15-12(17-11)14(20)21-2/h6-7,10H,3-5,8-9H2,1-2H3,(H,15,16,17). The molecular weight excluding hydrogens is 272 g/mol. The molecule has 0 radical (unpaired) electrons. The number of hydrogen-bond donors (Lipinski definition) is 1. The Balaban J connectivity index is 2.00. The molecule has 1 N–H and O–H groups in total. The van der Waals surface area contributed by atoms with Gasteiger partial charge in [-0.25, -0.2) is 14.8 Å². The predicted octanol–water partition coefficient (Wildman–Crippen LogP) is 1.08. The molecular formula is C14H20N4O3. The van der Waals surface area contributed by atoms with Crippen LogP contribution in [0.1, 0.15) is 36.8 Å². The van der Waals surface area contributed by atoms with Gasteiger partial charge >= 0.3 is 5.97 Å². The summed E-state index contributed by atoms with van der Waals surface area (Å²) < 4.78 is 4.57. The number of anilines is 1. The first-order valence-electron chi connectivity index (χ1n) is 7.08. The molecule has 1 aromatic rings. The molecule has 0 spiro atoms. The van der Waals surface area contributed by atoms with Gasteiger partial charge in [0.25, 0.3) is 0 Å². The first-order chi connectivity index (χ1) is 10.1. The van der Waals surface area contributed by atoms with Gasteiger partial charge in [-0.3, -0.25) is 4.79 Å². The van der Waals surface area contributed by atoms with E-state index in [1.165, 1.54) is 19.7 Å². The molecule has 0 bridgehead atoms. The van der Waals surface area contributed by atoms with E-state index >= 15 is 0 Å². The largest absolute Gasteiger partial charge is 0.463 e. The zero-order chi connectivity index (χ0) is 15.2. The number of rotatable bonds is 4. The van der Waals surface area contributed by atoms with E-state index in [0.29, 0.717) is 5.82 Å². The van der Waals surface area contributed by atoms with Crippen LogP contribution in [0.3, 0.4) is 0 Å². The smallest absolute Gasteiger partial charge is 0.376 e. The predicted molar refractivity (Wildman–Crippen MR) is 76.9 cm³/mol. The molecule has 114 valence electrons. The summed E-state index contributed by atoms with van der Waals surface area (Å²) in [6.45, 7) is 3.40. The molecule has 0 aromatic carbocycles. The van der Waals surface area contributed by atoms with E-state index in [4.69, 9.17) is 0 Å². The number of nitrogens with zero attached hydrogens (tertiary/aromatic N) is 3. The minimum atomic E-state index is -0.603. The van der Waals surface area contributed by atoms with Crippen molar-refractivity contribution in [1.29, 1.82) is 0 Å². The molecule has 2 heterocycles. The van der Waals surface area contributed by atoms with Crippen LogP contribution in [0.2, 0.25) is 0 Å². The molecule has 1 amide bonds. The zero-order valence-electron chi connectivity index (χ0n) is 12.3. The number of carbonyl (C=O) groups excluding carboxylic acids is 2. The Labute approximate surface area is 123 Å². The van der Waals surface area contributed by atoms with Gasteiger partial charge in [-0.1, -0.05) is 0 Å². The van der Waals surface area contributed by atoms with E-state index in [1.807, 2.05) is 4.90 Å². The maximum absolute atomic E-state index is 12.3. The van der Waals surface area contributed by atoms with Gasteiger partial charge in [0, 0.05) is 19.3 Å². The van der Waals surface area contributed by atoms with Crippen LogP contribution >= 0.6 is 0 Å². The van der Waals surface area contributed by atoms with Gasteiger partial charge in [0.1, 0.15) is 11.9 Å². The van der Waals surface area contributed by atoms with Gasteiger partial charge in [0.2, 0.25) is 11.7 Å². The topological polar surface area (TPSA) is 84.4 Å². The van der Waals surface area contributed by atoms with Crippen molar-refractivity contribution in [3.05, 3.63) is 18.1 Å². The Morgan fingerprint density at radius 2 is 2.05 bits per heavy atom. The average Bonchev–Trinajstić information content (AvgIpc) is 2.54. The van der Waals surface area contributed by atoms with E-state index < -0.39 is 12.0 Å². The first-order valence-corrected chi connectivity index (χ1v) is 7.08. The van der Waals surface area contributed by atoms with E-state index in [1.54, 1.807) is 13.0 Å². The number of aromatic nitrogens is 2. The highest BCUT2D eigenvalue weighted by atomic mass is 16.5. The number of carbonyl (C=O) groups is 2. The van der Waals surface area contributed by atoms with E-state index in [0.717, 1.165) is 25.9 Å². The minimum absolute atomic E-state index is 0.0277. The fourth-order valence-electron chi connectivity index (χ4n) is 2.30. The molecule has 0 saturated carbocycles. The maximum Gasteiger partial charge on any atom is 0.376 e. The summed E-state index contributed by atoms with van der Waals surface area (Å²) in [5.74, 6) is -0.148. The van der Waals surface area contributed by atoms with Crippen molar-refractivity contribution in [2.45, 2.75) is 32.2 Å². The second kappa shape index (κ2) is 7.01. The molecule has 1 fully saturated rings. The number of esters is 1. The average molecular weight is 292 g/mol. The van der Waals surface area contributed by atoms with Crippen LogP contribution < -0.4 is 5.32 Å². The van der Waals surface area contributed by atoms with E-state index in [2.05, 4.69) is 20.0 Å². The second-order valence-corrected chi connectivity index (χ2v) is 5.01.